The summed E-state index contributed by atoms with van der Waals surface area (Å²) in [7, 11) is 0. The fourth-order valence-corrected chi connectivity index (χ4v) is 1.57. The highest BCUT2D eigenvalue weighted by Crippen LogP contribution is 2.25. The summed E-state index contributed by atoms with van der Waals surface area (Å²) in [5.41, 5.74) is -2.03. The molecule has 0 spiro atoms. The van der Waals surface area contributed by atoms with Gasteiger partial charge in [-0.15, -0.1) is 0 Å². The molecule has 0 amide bonds. The van der Waals surface area contributed by atoms with E-state index in [1.54, 1.807) is 0 Å². The molecular formula is C14H16F4O2. The zero-order chi connectivity index (χ0) is 15.6. The Balaban J connectivity index is 3.17. The van der Waals surface area contributed by atoms with E-state index in [1.165, 1.54) is 6.92 Å². The number of ether oxygens (including phenoxy) is 1. The van der Waals surface area contributed by atoms with E-state index in [4.69, 9.17) is 4.74 Å². The highest BCUT2D eigenvalue weighted by Gasteiger charge is 2.30. The number of carbonyl (C=O) groups excluding carboxylic acids is 1. The van der Waals surface area contributed by atoms with Crippen LogP contribution in [0.3, 0.4) is 0 Å². The molecule has 0 aliphatic heterocycles. The zero-order valence-corrected chi connectivity index (χ0v) is 11.7. The summed E-state index contributed by atoms with van der Waals surface area (Å²) in [6, 6.07) is 0. The van der Waals surface area contributed by atoms with Crippen molar-refractivity contribution in [3.8, 4) is 0 Å². The van der Waals surface area contributed by atoms with Crippen LogP contribution in [-0.2, 0) is 4.74 Å². The SMILES string of the molecule is Cc1c(F)c(F)c(C(=O)C(C)OCC(C)C)c(F)c1F. The summed E-state index contributed by atoms with van der Waals surface area (Å²) < 4.78 is 59.2. The van der Waals surface area contributed by atoms with Gasteiger partial charge in [0, 0.05) is 12.2 Å². The molecule has 112 valence electrons. The maximum Gasteiger partial charge on any atom is 0.197 e. The van der Waals surface area contributed by atoms with Crippen molar-refractivity contribution in [1.82, 2.24) is 0 Å². The van der Waals surface area contributed by atoms with E-state index in [-0.39, 0.29) is 12.5 Å². The van der Waals surface area contributed by atoms with Crippen LogP contribution in [0.4, 0.5) is 17.6 Å². The molecule has 0 aliphatic rings. The number of hydrogen-bond acceptors (Lipinski definition) is 2. The van der Waals surface area contributed by atoms with Crippen LogP contribution < -0.4 is 0 Å². The average molecular weight is 292 g/mol. The van der Waals surface area contributed by atoms with Crippen LogP contribution in [0.15, 0.2) is 0 Å². The molecule has 0 aliphatic carbocycles. The second-order valence-electron chi connectivity index (χ2n) is 4.99. The quantitative estimate of drug-likeness (QED) is 0.469. The third kappa shape index (κ3) is 3.17. The fourth-order valence-electron chi connectivity index (χ4n) is 1.57. The third-order valence-electron chi connectivity index (χ3n) is 2.78. The van der Waals surface area contributed by atoms with Gasteiger partial charge in [0.25, 0.3) is 0 Å². The van der Waals surface area contributed by atoms with Gasteiger partial charge >= 0.3 is 0 Å². The Morgan fingerprint density at radius 2 is 1.45 bits per heavy atom. The molecule has 2 nitrogen and oxygen atoms in total. The summed E-state index contributed by atoms with van der Waals surface area (Å²) >= 11 is 0. The van der Waals surface area contributed by atoms with Gasteiger partial charge < -0.3 is 4.74 Å². The molecule has 0 heterocycles. The van der Waals surface area contributed by atoms with Gasteiger partial charge in [-0.25, -0.2) is 17.6 Å². The lowest BCUT2D eigenvalue weighted by Crippen LogP contribution is -2.26. The number of carbonyl (C=O) groups is 1. The van der Waals surface area contributed by atoms with E-state index in [2.05, 4.69) is 0 Å². The molecule has 1 unspecified atom stereocenters. The van der Waals surface area contributed by atoms with Gasteiger partial charge in [-0.05, 0) is 19.8 Å². The molecule has 1 aromatic carbocycles. The lowest BCUT2D eigenvalue weighted by molar-refractivity contribution is 0.0377. The molecule has 0 fully saturated rings. The Kier molecular flexibility index (Phi) is 5.28. The molecule has 1 aromatic rings. The van der Waals surface area contributed by atoms with E-state index < -0.39 is 46.3 Å². The minimum Gasteiger partial charge on any atom is -0.370 e. The first-order chi connectivity index (χ1) is 9.18. The van der Waals surface area contributed by atoms with E-state index in [0.717, 1.165) is 6.92 Å². The van der Waals surface area contributed by atoms with Crippen LogP contribution in [-0.4, -0.2) is 18.5 Å². The van der Waals surface area contributed by atoms with E-state index >= 15 is 0 Å². The Hall–Kier alpha value is -1.43. The topological polar surface area (TPSA) is 26.3 Å². The van der Waals surface area contributed by atoms with Gasteiger partial charge in [0.2, 0.25) is 0 Å². The van der Waals surface area contributed by atoms with E-state index in [9.17, 15) is 22.4 Å². The first-order valence-electron chi connectivity index (χ1n) is 6.16. The summed E-state index contributed by atoms with van der Waals surface area (Å²) in [6.07, 6.45) is -1.19. The molecule has 0 radical (unpaired) electrons. The predicted octanol–water partition coefficient (Wildman–Crippen LogP) is 3.80. The predicted molar refractivity (Wildman–Crippen MR) is 65.6 cm³/mol. The molecule has 0 saturated carbocycles. The van der Waals surface area contributed by atoms with Gasteiger partial charge in [0.05, 0.1) is 5.56 Å². The van der Waals surface area contributed by atoms with Crippen molar-refractivity contribution in [3.05, 3.63) is 34.4 Å². The summed E-state index contributed by atoms with van der Waals surface area (Å²) in [6.45, 7) is 6.00. The van der Waals surface area contributed by atoms with Crippen LogP contribution in [0.5, 0.6) is 0 Å². The molecule has 1 atom stereocenters. The van der Waals surface area contributed by atoms with Crippen molar-refractivity contribution in [3.63, 3.8) is 0 Å². The maximum absolute atomic E-state index is 13.7. The standard InChI is InChI=1S/C14H16F4O2/c1-6(2)5-20-8(4)14(19)9-12(17)10(15)7(3)11(16)13(9)18/h6,8H,5H2,1-4H3. The van der Waals surface area contributed by atoms with Crippen molar-refractivity contribution in [2.45, 2.75) is 33.8 Å². The minimum absolute atomic E-state index is 0.103. The van der Waals surface area contributed by atoms with Gasteiger partial charge in [-0.1, -0.05) is 13.8 Å². The second kappa shape index (κ2) is 6.35. The Morgan fingerprint density at radius 3 is 1.85 bits per heavy atom. The molecule has 20 heavy (non-hydrogen) atoms. The van der Waals surface area contributed by atoms with Crippen LogP contribution in [0.2, 0.25) is 0 Å². The van der Waals surface area contributed by atoms with Gasteiger partial charge in [-0.2, -0.15) is 0 Å². The molecule has 0 N–H and O–H groups in total. The maximum atomic E-state index is 13.7. The number of rotatable bonds is 5. The monoisotopic (exact) mass is 292 g/mol. The molecule has 0 saturated heterocycles. The average Bonchev–Trinajstić information content (AvgIpc) is 2.40. The number of Topliss-reactive ketones (excluding diaryl/α,β-unsaturated/α-hetero) is 1. The number of ketones is 1. The largest absolute Gasteiger partial charge is 0.370 e. The van der Waals surface area contributed by atoms with Gasteiger partial charge in [0.1, 0.15) is 6.10 Å². The number of halogens is 4. The summed E-state index contributed by atoms with van der Waals surface area (Å²) in [5.74, 6) is -7.53. The lowest BCUT2D eigenvalue weighted by Gasteiger charge is -2.15. The first-order valence-corrected chi connectivity index (χ1v) is 6.16. The molecular weight excluding hydrogens is 276 g/mol. The van der Waals surface area contributed by atoms with Crippen molar-refractivity contribution in [1.29, 1.82) is 0 Å². The molecule has 0 aromatic heterocycles. The normalized spacial score (nSPS) is 12.8. The Labute approximate surface area is 114 Å². The minimum atomic E-state index is -1.69. The Morgan fingerprint density at radius 1 is 1.00 bits per heavy atom. The fraction of sp³-hybridized carbons (Fsp3) is 0.500. The van der Waals surface area contributed by atoms with Crippen LogP contribution in [0.25, 0.3) is 0 Å². The number of benzene rings is 1. The summed E-state index contributed by atoms with van der Waals surface area (Å²) in [5, 5.41) is 0. The van der Waals surface area contributed by atoms with Crippen molar-refractivity contribution < 1.29 is 27.1 Å². The van der Waals surface area contributed by atoms with Crippen LogP contribution in [0.1, 0.15) is 36.7 Å². The highest BCUT2D eigenvalue weighted by molar-refractivity contribution is 5.99. The van der Waals surface area contributed by atoms with Crippen LogP contribution >= 0.6 is 0 Å². The second-order valence-corrected chi connectivity index (χ2v) is 4.99. The molecule has 6 heteroatoms. The molecule has 0 bridgehead atoms. The first kappa shape index (κ1) is 16.6. The van der Waals surface area contributed by atoms with E-state index in [1.807, 2.05) is 13.8 Å². The Bertz CT molecular complexity index is 497. The molecule has 1 rings (SSSR count). The van der Waals surface area contributed by atoms with Crippen LogP contribution in [0, 0.1) is 36.1 Å². The van der Waals surface area contributed by atoms with Crippen molar-refractivity contribution in [2.75, 3.05) is 6.61 Å². The van der Waals surface area contributed by atoms with Gasteiger partial charge in [-0.3, -0.25) is 4.79 Å². The smallest absolute Gasteiger partial charge is 0.197 e. The zero-order valence-electron chi connectivity index (χ0n) is 11.7. The van der Waals surface area contributed by atoms with E-state index in [0.29, 0.717) is 0 Å². The summed E-state index contributed by atoms with van der Waals surface area (Å²) in [4.78, 5) is 11.9. The van der Waals surface area contributed by atoms with Gasteiger partial charge in [0.15, 0.2) is 29.1 Å². The third-order valence-corrected chi connectivity index (χ3v) is 2.78. The van der Waals surface area contributed by atoms with Crippen molar-refractivity contribution in [2.24, 2.45) is 5.92 Å². The highest BCUT2D eigenvalue weighted by atomic mass is 19.2. The number of hydrogen-bond donors (Lipinski definition) is 0. The van der Waals surface area contributed by atoms with Crippen molar-refractivity contribution >= 4 is 5.78 Å². The lowest BCUT2D eigenvalue weighted by atomic mass is 10.0.